The monoisotopic (exact) mass is 822 g/mol. The van der Waals surface area contributed by atoms with Crippen LogP contribution in [0.1, 0.15) is 25.0 Å². The van der Waals surface area contributed by atoms with Gasteiger partial charge in [0.25, 0.3) is 0 Å². The molecule has 8 aromatic carbocycles. The molecule has 7 heteroatoms. The van der Waals surface area contributed by atoms with Gasteiger partial charge in [0, 0.05) is 49.6 Å². The molecule has 1 aliphatic rings. The minimum Gasteiger partial charge on any atom is -0.456 e. The summed E-state index contributed by atoms with van der Waals surface area (Å²) in [6.45, 7) is 4.62. The van der Waals surface area contributed by atoms with E-state index in [-0.39, 0.29) is 5.41 Å². The molecule has 0 saturated heterocycles. The lowest BCUT2D eigenvalue weighted by Gasteiger charge is -2.22. The first-order valence-electron chi connectivity index (χ1n) is 21.4. The van der Waals surface area contributed by atoms with Crippen molar-refractivity contribution in [3.05, 3.63) is 205 Å². The van der Waals surface area contributed by atoms with Gasteiger partial charge in [0.05, 0.1) is 0 Å². The van der Waals surface area contributed by atoms with Crippen molar-refractivity contribution < 1.29 is 4.42 Å². The Morgan fingerprint density at radius 2 is 0.719 bits per heavy atom. The molecule has 0 unspecified atom stereocenters. The molecule has 0 radical (unpaired) electrons. The highest BCUT2D eigenvalue weighted by Crippen LogP contribution is 2.51. The number of nitrogens with zero attached hydrogens (tertiary/aromatic N) is 6. The van der Waals surface area contributed by atoms with E-state index in [0.717, 1.165) is 66.4 Å². The van der Waals surface area contributed by atoms with Gasteiger partial charge >= 0.3 is 0 Å². The summed E-state index contributed by atoms with van der Waals surface area (Å²) in [7, 11) is 0. The topological polar surface area (TPSA) is 90.5 Å². The van der Waals surface area contributed by atoms with Gasteiger partial charge in [-0.3, -0.25) is 0 Å². The van der Waals surface area contributed by atoms with Crippen LogP contribution in [0, 0.1) is 0 Å². The van der Waals surface area contributed by atoms with Crippen molar-refractivity contribution in [1.82, 2.24) is 29.9 Å². The normalized spacial score (nSPS) is 12.7. The van der Waals surface area contributed by atoms with Crippen LogP contribution in [0.15, 0.2) is 199 Å². The Balaban J connectivity index is 0.940. The maximum atomic E-state index is 6.51. The van der Waals surface area contributed by atoms with Gasteiger partial charge in [0.15, 0.2) is 34.9 Å². The highest BCUT2D eigenvalue weighted by molar-refractivity contribution is 6.13. The maximum Gasteiger partial charge on any atom is 0.164 e. The van der Waals surface area contributed by atoms with Crippen molar-refractivity contribution in [3.8, 4) is 90.6 Å². The molecule has 0 N–H and O–H groups in total. The number of hydrogen-bond acceptors (Lipinski definition) is 7. The van der Waals surface area contributed by atoms with E-state index in [4.69, 9.17) is 34.3 Å². The summed E-state index contributed by atoms with van der Waals surface area (Å²) in [5.41, 5.74) is 14.1. The average molecular weight is 823 g/mol. The molecule has 11 aromatic rings. The van der Waals surface area contributed by atoms with Crippen LogP contribution < -0.4 is 0 Å². The molecule has 0 atom stereocenters. The van der Waals surface area contributed by atoms with E-state index in [1.165, 1.54) is 22.3 Å². The number of rotatable bonds is 7. The molecule has 302 valence electrons. The van der Waals surface area contributed by atoms with E-state index in [2.05, 4.69) is 74.5 Å². The van der Waals surface area contributed by atoms with Gasteiger partial charge in [-0.1, -0.05) is 178 Å². The van der Waals surface area contributed by atoms with Crippen LogP contribution >= 0.6 is 0 Å². The van der Waals surface area contributed by atoms with Crippen LogP contribution in [0.5, 0.6) is 0 Å². The Labute approximate surface area is 369 Å². The molecule has 3 heterocycles. The van der Waals surface area contributed by atoms with Crippen LogP contribution in [0.25, 0.3) is 113 Å². The lowest BCUT2D eigenvalue weighted by atomic mass is 9.81. The van der Waals surface area contributed by atoms with Crippen molar-refractivity contribution >= 4 is 21.9 Å². The molecule has 12 rings (SSSR count). The summed E-state index contributed by atoms with van der Waals surface area (Å²) < 4.78 is 6.51. The zero-order chi connectivity index (χ0) is 42.8. The van der Waals surface area contributed by atoms with Gasteiger partial charge in [-0.15, -0.1) is 0 Å². The van der Waals surface area contributed by atoms with Crippen molar-refractivity contribution in [2.75, 3.05) is 0 Å². The Hall–Kier alpha value is -8.42. The molecular weight excluding hydrogens is 785 g/mol. The molecule has 0 bridgehead atoms. The zero-order valence-corrected chi connectivity index (χ0v) is 35.1. The first-order valence-corrected chi connectivity index (χ1v) is 21.4. The third-order valence-electron chi connectivity index (χ3n) is 12.4. The first-order chi connectivity index (χ1) is 31.4. The van der Waals surface area contributed by atoms with E-state index in [1.54, 1.807) is 0 Å². The zero-order valence-electron chi connectivity index (χ0n) is 35.1. The fourth-order valence-corrected chi connectivity index (χ4v) is 9.12. The highest BCUT2D eigenvalue weighted by atomic mass is 16.3. The Morgan fingerprint density at radius 3 is 1.22 bits per heavy atom. The second-order valence-electron chi connectivity index (χ2n) is 16.7. The van der Waals surface area contributed by atoms with E-state index in [0.29, 0.717) is 34.9 Å². The number of aromatic nitrogens is 6. The summed E-state index contributed by atoms with van der Waals surface area (Å²) in [5.74, 6) is 3.76. The van der Waals surface area contributed by atoms with Crippen LogP contribution in [0.3, 0.4) is 0 Å². The van der Waals surface area contributed by atoms with Crippen LogP contribution in [-0.2, 0) is 5.41 Å². The molecule has 1 aliphatic carbocycles. The molecule has 0 saturated carbocycles. The minimum absolute atomic E-state index is 0.292. The van der Waals surface area contributed by atoms with Crippen molar-refractivity contribution in [1.29, 1.82) is 0 Å². The average Bonchev–Trinajstić information content (AvgIpc) is 3.85. The van der Waals surface area contributed by atoms with E-state index in [1.807, 2.05) is 133 Å². The molecule has 3 aromatic heterocycles. The number of hydrogen-bond donors (Lipinski definition) is 0. The molecule has 64 heavy (non-hydrogen) atoms. The SMILES string of the molecule is CC1(C)c2cc(-c3ccc4oc5cccc(-c6nc(-c7ccccc7)nc(-c7ccccc7)n6)c5c4c3)ccc2-c2ccc(-c3nc(-c4ccccc4)nc(-c4ccccc4)n3)cc21. The second-order valence-corrected chi connectivity index (χ2v) is 16.7. The third kappa shape index (κ3) is 6.36. The molecular formula is C57H38N6O. The quantitative estimate of drug-likeness (QED) is 0.158. The Kier molecular flexibility index (Phi) is 8.69. The van der Waals surface area contributed by atoms with Gasteiger partial charge in [-0.2, -0.15) is 0 Å². The van der Waals surface area contributed by atoms with Gasteiger partial charge in [-0.05, 0) is 63.7 Å². The summed E-state index contributed by atoms with van der Waals surface area (Å²) in [4.78, 5) is 30.1. The standard InChI is InChI=1S/C57H38N6O/c1-57(2)46-33-40(26-29-42(46)43-30-27-41(34-47(43)57)55-60-51(35-16-7-3-8-17-35)58-52(61-55)36-18-9-4-10-19-36)39-28-31-48-45(32-39)50-44(24-15-25-49(50)64-48)56-62-53(37-20-11-5-12-21-37)59-54(63-56)38-22-13-6-14-23-38/h3-34H,1-2H3. The molecule has 0 fully saturated rings. The lowest BCUT2D eigenvalue weighted by Crippen LogP contribution is -2.15. The number of benzene rings is 8. The van der Waals surface area contributed by atoms with Gasteiger partial charge in [-0.25, -0.2) is 29.9 Å². The highest BCUT2D eigenvalue weighted by Gasteiger charge is 2.36. The Morgan fingerprint density at radius 1 is 0.312 bits per heavy atom. The smallest absolute Gasteiger partial charge is 0.164 e. The largest absolute Gasteiger partial charge is 0.456 e. The summed E-state index contributed by atoms with van der Waals surface area (Å²) >= 11 is 0. The van der Waals surface area contributed by atoms with E-state index >= 15 is 0 Å². The van der Waals surface area contributed by atoms with Crippen LogP contribution in [-0.4, -0.2) is 29.9 Å². The van der Waals surface area contributed by atoms with Crippen molar-refractivity contribution in [3.63, 3.8) is 0 Å². The number of fused-ring (bicyclic) bond motifs is 6. The Bertz CT molecular complexity index is 3450. The van der Waals surface area contributed by atoms with E-state index < -0.39 is 0 Å². The van der Waals surface area contributed by atoms with E-state index in [9.17, 15) is 0 Å². The number of furan rings is 1. The molecule has 0 spiro atoms. The fraction of sp³-hybridized carbons (Fsp3) is 0.0526. The maximum absolute atomic E-state index is 6.51. The molecule has 0 amide bonds. The predicted octanol–water partition coefficient (Wildman–Crippen LogP) is 13.9. The second kappa shape index (κ2) is 14.9. The van der Waals surface area contributed by atoms with Crippen molar-refractivity contribution in [2.24, 2.45) is 0 Å². The minimum atomic E-state index is -0.292. The lowest BCUT2D eigenvalue weighted by molar-refractivity contribution is 0.660. The van der Waals surface area contributed by atoms with Crippen LogP contribution in [0.2, 0.25) is 0 Å². The summed E-state index contributed by atoms with van der Waals surface area (Å²) in [6, 6.07) is 66.4. The van der Waals surface area contributed by atoms with Gasteiger partial charge < -0.3 is 4.42 Å². The van der Waals surface area contributed by atoms with Crippen molar-refractivity contribution in [2.45, 2.75) is 19.3 Å². The third-order valence-corrected chi connectivity index (χ3v) is 12.4. The molecule has 0 aliphatic heterocycles. The fourth-order valence-electron chi connectivity index (χ4n) is 9.12. The first kappa shape index (κ1) is 37.4. The van der Waals surface area contributed by atoms with Crippen LogP contribution in [0.4, 0.5) is 0 Å². The van der Waals surface area contributed by atoms with Gasteiger partial charge in [0.1, 0.15) is 11.2 Å². The summed E-state index contributed by atoms with van der Waals surface area (Å²) in [6.07, 6.45) is 0. The van der Waals surface area contributed by atoms with Gasteiger partial charge in [0.2, 0.25) is 0 Å². The summed E-state index contributed by atoms with van der Waals surface area (Å²) in [5, 5.41) is 1.97. The predicted molar refractivity (Wildman–Crippen MR) is 256 cm³/mol. The molecule has 7 nitrogen and oxygen atoms in total.